The molecule has 6 heteroatoms. The predicted octanol–water partition coefficient (Wildman–Crippen LogP) is 2.95. The lowest BCUT2D eigenvalue weighted by Crippen LogP contribution is -2.41. The van der Waals surface area contributed by atoms with Gasteiger partial charge in [-0.1, -0.05) is 48.0 Å². The molecular formula is C19H24N2O3S. The first kappa shape index (κ1) is 19.0. The number of para-hydroxylation sites is 1. The molecule has 0 saturated heterocycles. The summed E-state index contributed by atoms with van der Waals surface area (Å²) in [5.74, 6) is -0.346. The summed E-state index contributed by atoms with van der Waals surface area (Å²) in [4.78, 5) is 12.4. The summed E-state index contributed by atoms with van der Waals surface area (Å²) in [5.41, 5.74) is 3.43. The Balaban J connectivity index is 2.15. The van der Waals surface area contributed by atoms with Gasteiger partial charge in [0.25, 0.3) is 0 Å². The molecule has 0 bridgehead atoms. The van der Waals surface area contributed by atoms with Crippen molar-refractivity contribution in [3.8, 4) is 0 Å². The molecule has 0 radical (unpaired) electrons. The van der Waals surface area contributed by atoms with Crippen molar-refractivity contribution in [2.75, 3.05) is 17.1 Å². The van der Waals surface area contributed by atoms with E-state index in [1.165, 1.54) is 0 Å². The Bertz CT molecular complexity index is 845. The molecule has 5 nitrogen and oxygen atoms in total. The molecule has 0 aliphatic rings. The molecule has 0 aliphatic carbocycles. The highest BCUT2D eigenvalue weighted by Gasteiger charge is 2.23. The lowest BCUT2D eigenvalue weighted by Gasteiger charge is -2.24. The third kappa shape index (κ3) is 5.06. The molecule has 2 aromatic rings. The van der Waals surface area contributed by atoms with Crippen molar-refractivity contribution in [1.29, 1.82) is 0 Å². The van der Waals surface area contributed by atoms with Gasteiger partial charge in [-0.2, -0.15) is 0 Å². The normalized spacial score (nSPS) is 12.5. The number of benzene rings is 2. The fourth-order valence-electron chi connectivity index (χ4n) is 2.58. The SMILES string of the molecule is Cc1ccc([C@H](C)NC(=O)CN(c2ccccc2C)S(C)(=O)=O)cc1. The molecule has 0 fully saturated rings. The fraction of sp³-hybridized carbons (Fsp3) is 0.316. The maximum absolute atomic E-state index is 12.4. The van der Waals surface area contributed by atoms with Crippen molar-refractivity contribution >= 4 is 21.6 Å². The lowest BCUT2D eigenvalue weighted by molar-refractivity contribution is -0.120. The van der Waals surface area contributed by atoms with Crippen molar-refractivity contribution in [1.82, 2.24) is 5.32 Å². The van der Waals surface area contributed by atoms with Crippen LogP contribution in [0.25, 0.3) is 0 Å². The van der Waals surface area contributed by atoms with Crippen LogP contribution >= 0.6 is 0 Å². The van der Waals surface area contributed by atoms with E-state index in [1.54, 1.807) is 12.1 Å². The van der Waals surface area contributed by atoms with Crippen LogP contribution in [0.2, 0.25) is 0 Å². The van der Waals surface area contributed by atoms with E-state index >= 15 is 0 Å². The highest BCUT2D eigenvalue weighted by Crippen LogP contribution is 2.22. The van der Waals surface area contributed by atoms with Gasteiger partial charge in [0, 0.05) is 0 Å². The topological polar surface area (TPSA) is 66.5 Å². The van der Waals surface area contributed by atoms with Crippen molar-refractivity contribution in [2.45, 2.75) is 26.8 Å². The largest absolute Gasteiger partial charge is 0.348 e. The Morgan fingerprint density at radius 2 is 1.68 bits per heavy atom. The minimum absolute atomic E-state index is 0.202. The number of anilines is 1. The molecule has 0 aromatic heterocycles. The number of hydrogen-bond donors (Lipinski definition) is 1. The van der Waals surface area contributed by atoms with E-state index in [1.807, 2.05) is 57.2 Å². The Kier molecular flexibility index (Phi) is 5.85. The summed E-state index contributed by atoms with van der Waals surface area (Å²) in [5, 5.41) is 2.86. The van der Waals surface area contributed by atoms with Crippen LogP contribution < -0.4 is 9.62 Å². The van der Waals surface area contributed by atoms with E-state index in [0.717, 1.165) is 27.3 Å². The molecule has 1 N–H and O–H groups in total. The van der Waals surface area contributed by atoms with Crippen molar-refractivity contribution in [3.63, 3.8) is 0 Å². The average Bonchev–Trinajstić information content (AvgIpc) is 2.53. The van der Waals surface area contributed by atoms with Crippen molar-refractivity contribution in [2.24, 2.45) is 0 Å². The van der Waals surface area contributed by atoms with Gasteiger partial charge in [0.15, 0.2) is 0 Å². The summed E-state index contributed by atoms with van der Waals surface area (Å²) in [6.07, 6.45) is 1.11. The van der Waals surface area contributed by atoms with E-state index in [-0.39, 0.29) is 18.5 Å². The maximum atomic E-state index is 12.4. The van der Waals surface area contributed by atoms with Gasteiger partial charge in [-0.3, -0.25) is 9.10 Å². The van der Waals surface area contributed by atoms with E-state index in [9.17, 15) is 13.2 Å². The number of nitrogens with zero attached hydrogens (tertiary/aromatic N) is 1. The van der Waals surface area contributed by atoms with Gasteiger partial charge in [0.2, 0.25) is 15.9 Å². The molecule has 0 aliphatic heterocycles. The molecule has 25 heavy (non-hydrogen) atoms. The number of carbonyl (C=O) groups excluding carboxylic acids is 1. The second-order valence-electron chi connectivity index (χ2n) is 6.26. The minimum atomic E-state index is -3.57. The molecule has 134 valence electrons. The molecule has 1 atom stereocenters. The summed E-state index contributed by atoms with van der Waals surface area (Å²) < 4.78 is 25.5. The third-order valence-corrected chi connectivity index (χ3v) is 5.15. The fourth-order valence-corrected chi connectivity index (χ4v) is 3.49. The Morgan fingerprint density at radius 3 is 2.24 bits per heavy atom. The number of sulfonamides is 1. The molecule has 2 rings (SSSR count). The van der Waals surface area contributed by atoms with Crippen molar-refractivity contribution in [3.05, 3.63) is 65.2 Å². The maximum Gasteiger partial charge on any atom is 0.241 e. The Morgan fingerprint density at radius 1 is 1.08 bits per heavy atom. The van der Waals surface area contributed by atoms with Gasteiger partial charge in [-0.15, -0.1) is 0 Å². The van der Waals surface area contributed by atoms with E-state index < -0.39 is 10.0 Å². The zero-order chi connectivity index (χ0) is 18.6. The number of nitrogens with one attached hydrogen (secondary N) is 1. The van der Waals surface area contributed by atoms with Gasteiger partial charge in [-0.05, 0) is 38.0 Å². The molecule has 2 aromatic carbocycles. The Labute approximate surface area is 149 Å². The third-order valence-electron chi connectivity index (χ3n) is 4.03. The number of aryl methyl sites for hydroxylation is 2. The molecule has 0 spiro atoms. The van der Waals surface area contributed by atoms with E-state index in [2.05, 4.69) is 5.32 Å². The van der Waals surface area contributed by atoms with Gasteiger partial charge >= 0.3 is 0 Å². The van der Waals surface area contributed by atoms with Crippen LogP contribution in [-0.4, -0.2) is 27.1 Å². The number of amides is 1. The van der Waals surface area contributed by atoms with Crippen LogP contribution in [0, 0.1) is 13.8 Å². The van der Waals surface area contributed by atoms with Crippen LogP contribution in [0.3, 0.4) is 0 Å². The number of hydrogen-bond acceptors (Lipinski definition) is 3. The number of carbonyl (C=O) groups is 1. The van der Waals surface area contributed by atoms with Gasteiger partial charge < -0.3 is 5.32 Å². The summed E-state index contributed by atoms with van der Waals surface area (Å²) in [6.45, 7) is 5.44. The molecule has 0 unspecified atom stereocenters. The standard InChI is InChI=1S/C19H24N2O3S/c1-14-9-11-17(12-10-14)16(3)20-19(22)13-21(25(4,23)24)18-8-6-5-7-15(18)2/h5-12,16H,13H2,1-4H3,(H,20,22)/t16-/m0/s1. The second kappa shape index (κ2) is 7.70. The number of rotatable bonds is 6. The molecule has 0 saturated carbocycles. The molecule has 0 heterocycles. The highest BCUT2D eigenvalue weighted by atomic mass is 32.2. The lowest BCUT2D eigenvalue weighted by atomic mass is 10.1. The highest BCUT2D eigenvalue weighted by molar-refractivity contribution is 7.92. The van der Waals surface area contributed by atoms with Gasteiger partial charge in [-0.25, -0.2) is 8.42 Å². The van der Waals surface area contributed by atoms with E-state index in [0.29, 0.717) is 5.69 Å². The first-order valence-electron chi connectivity index (χ1n) is 8.08. The summed E-state index contributed by atoms with van der Waals surface area (Å²) >= 11 is 0. The quantitative estimate of drug-likeness (QED) is 0.861. The molecule has 1 amide bonds. The van der Waals surface area contributed by atoms with Crippen LogP contribution in [0.15, 0.2) is 48.5 Å². The monoisotopic (exact) mass is 360 g/mol. The second-order valence-corrected chi connectivity index (χ2v) is 8.16. The zero-order valence-corrected chi connectivity index (χ0v) is 15.8. The zero-order valence-electron chi connectivity index (χ0n) is 15.0. The van der Waals surface area contributed by atoms with Crippen LogP contribution in [0.5, 0.6) is 0 Å². The Hall–Kier alpha value is -2.34. The van der Waals surface area contributed by atoms with Crippen LogP contribution in [0.1, 0.15) is 29.7 Å². The molecular weight excluding hydrogens is 336 g/mol. The van der Waals surface area contributed by atoms with E-state index in [4.69, 9.17) is 0 Å². The van der Waals surface area contributed by atoms with Crippen LogP contribution in [-0.2, 0) is 14.8 Å². The summed E-state index contributed by atoms with van der Waals surface area (Å²) in [6, 6.07) is 14.8. The average molecular weight is 360 g/mol. The smallest absolute Gasteiger partial charge is 0.241 e. The van der Waals surface area contributed by atoms with Crippen molar-refractivity contribution < 1.29 is 13.2 Å². The van der Waals surface area contributed by atoms with Gasteiger partial charge in [0.05, 0.1) is 18.0 Å². The first-order chi connectivity index (χ1) is 11.7. The summed E-state index contributed by atoms with van der Waals surface area (Å²) in [7, 11) is -3.57. The minimum Gasteiger partial charge on any atom is -0.348 e. The van der Waals surface area contributed by atoms with Crippen LogP contribution in [0.4, 0.5) is 5.69 Å². The predicted molar refractivity (Wildman–Crippen MR) is 101 cm³/mol. The first-order valence-corrected chi connectivity index (χ1v) is 9.92. The van der Waals surface area contributed by atoms with Gasteiger partial charge in [0.1, 0.15) is 6.54 Å².